The Labute approximate surface area is 67.7 Å². The molecule has 11 heavy (non-hydrogen) atoms. The number of carbonyl (C=O) groups excluding carboxylic acids is 1. The molecule has 0 bridgehead atoms. The Bertz CT molecular complexity index is 165. The molecule has 0 aromatic carbocycles. The molecule has 2 heteroatoms. The van der Waals surface area contributed by atoms with Gasteiger partial charge in [-0.05, 0) is 24.8 Å². The molecule has 2 atom stereocenters. The van der Waals surface area contributed by atoms with Crippen molar-refractivity contribution in [2.75, 3.05) is 0 Å². The van der Waals surface area contributed by atoms with Gasteiger partial charge in [-0.3, -0.25) is 4.79 Å². The van der Waals surface area contributed by atoms with Crippen LogP contribution < -0.4 is 5.32 Å². The first-order valence-corrected chi connectivity index (χ1v) is 4.17. The lowest BCUT2D eigenvalue weighted by atomic mass is 10.1. The number of carbonyl (C=O) groups is 1. The third-order valence-electron chi connectivity index (χ3n) is 2.37. The normalized spacial score (nSPS) is 29.9. The molecule has 1 aliphatic carbocycles. The van der Waals surface area contributed by atoms with Gasteiger partial charge in [0.05, 0.1) is 0 Å². The Morgan fingerprint density at radius 3 is 2.82 bits per heavy atom. The smallest absolute Gasteiger partial charge is 0.243 e. The number of rotatable bonds is 2. The van der Waals surface area contributed by atoms with Crippen molar-refractivity contribution in [1.29, 1.82) is 0 Å². The molecule has 1 rings (SSSR count). The highest BCUT2D eigenvalue weighted by Gasteiger charge is 2.23. The predicted molar refractivity (Wildman–Crippen MR) is 45.1 cm³/mol. The van der Waals surface area contributed by atoms with Gasteiger partial charge in [0, 0.05) is 6.04 Å². The molecule has 0 radical (unpaired) electrons. The third-order valence-corrected chi connectivity index (χ3v) is 2.37. The summed E-state index contributed by atoms with van der Waals surface area (Å²) in [7, 11) is 0. The SMILES string of the molecule is C=CC(=O)NC1CCCC1C. The van der Waals surface area contributed by atoms with Gasteiger partial charge in [-0.25, -0.2) is 0 Å². The van der Waals surface area contributed by atoms with Crippen molar-refractivity contribution < 1.29 is 4.79 Å². The second-order valence-corrected chi connectivity index (χ2v) is 3.23. The fraction of sp³-hybridized carbons (Fsp3) is 0.667. The average molecular weight is 153 g/mol. The number of hydrogen-bond acceptors (Lipinski definition) is 1. The van der Waals surface area contributed by atoms with Crippen LogP contribution in [0, 0.1) is 5.92 Å². The summed E-state index contributed by atoms with van der Waals surface area (Å²) in [5.41, 5.74) is 0. The standard InChI is InChI=1S/C9H15NO/c1-3-9(11)10-8-6-4-5-7(8)2/h3,7-8H,1,4-6H2,2H3,(H,10,11). The summed E-state index contributed by atoms with van der Waals surface area (Å²) in [4.78, 5) is 10.9. The summed E-state index contributed by atoms with van der Waals surface area (Å²) in [5.74, 6) is 0.600. The summed E-state index contributed by atoms with van der Waals surface area (Å²) >= 11 is 0. The first kappa shape index (κ1) is 8.31. The fourth-order valence-electron chi connectivity index (χ4n) is 1.60. The van der Waals surface area contributed by atoms with Gasteiger partial charge in [-0.1, -0.05) is 19.9 Å². The van der Waals surface area contributed by atoms with Crippen LogP contribution in [0.4, 0.5) is 0 Å². The van der Waals surface area contributed by atoms with Crippen molar-refractivity contribution in [3.8, 4) is 0 Å². The maximum atomic E-state index is 10.9. The Morgan fingerprint density at radius 1 is 1.64 bits per heavy atom. The van der Waals surface area contributed by atoms with E-state index in [1.165, 1.54) is 18.9 Å². The second kappa shape index (κ2) is 3.56. The van der Waals surface area contributed by atoms with Crippen molar-refractivity contribution in [2.24, 2.45) is 5.92 Å². The first-order valence-electron chi connectivity index (χ1n) is 4.17. The summed E-state index contributed by atoms with van der Waals surface area (Å²) in [6.07, 6.45) is 4.94. The molecule has 1 saturated carbocycles. The summed E-state index contributed by atoms with van der Waals surface area (Å²) < 4.78 is 0. The van der Waals surface area contributed by atoms with Crippen LogP contribution in [0.3, 0.4) is 0 Å². The Morgan fingerprint density at radius 2 is 2.36 bits per heavy atom. The van der Waals surface area contributed by atoms with Gasteiger partial charge in [-0.15, -0.1) is 0 Å². The molecule has 62 valence electrons. The van der Waals surface area contributed by atoms with Crippen molar-refractivity contribution >= 4 is 5.91 Å². The largest absolute Gasteiger partial charge is 0.350 e. The molecule has 1 N–H and O–H groups in total. The second-order valence-electron chi connectivity index (χ2n) is 3.23. The summed E-state index contributed by atoms with van der Waals surface area (Å²) in [6.45, 7) is 5.60. The number of amides is 1. The summed E-state index contributed by atoms with van der Waals surface area (Å²) in [6, 6.07) is 0.389. The summed E-state index contributed by atoms with van der Waals surface area (Å²) in [5, 5.41) is 2.92. The van der Waals surface area contributed by atoms with Crippen LogP contribution >= 0.6 is 0 Å². The quantitative estimate of drug-likeness (QED) is 0.598. The lowest BCUT2D eigenvalue weighted by molar-refractivity contribution is -0.117. The maximum Gasteiger partial charge on any atom is 0.243 e. The molecule has 2 nitrogen and oxygen atoms in total. The van der Waals surface area contributed by atoms with Crippen LogP contribution in [0.25, 0.3) is 0 Å². The van der Waals surface area contributed by atoms with E-state index >= 15 is 0 Å². The van der Waals surface area contributed by atoms with Crippen LogP contribution in [0.1, 0.15) is 26.2 Å². The van der Waals surface area contributed by atoms with Gasteiger partial charge in [0.2, 0.25) is 5.91 Å². The minimum atomic E-state index is -0.0382. The Balaban J connectivity index is 2.36. The molecule has 0 aromatic rings. The van der Waals surface area contributed by atoms with Crippen LogP contribution in [0.15, 0.2) is 12.7 Å². The van der Waals surface area contributed by atoms with Crippen molar-refractivity contribution in [2.45, 2.75) is 32.2 Å². The number of hydrogen-bond donors (Lipinski definition) is 1. The monoisotopic (exact) mass is 153 g/mol. The van der Waals surface area contributed by atoms with Gasteiger partial charge >= 0.3 is 0 Å². The van der Waals surface area contributed by atoms with E-state index in [-0.39, 0.29) is 5.91 Å². The van der Waals surface area contributed by atoms with E-state index in [2.05, 4.69) is 18.8 Å². The van der Waals surface area contributed by atoms with Crippen LogP contribution in [0.2, 0.25) is 0 Å². The highest BCUT2D eigenvalue weighted by atomic mass is 16.1. The molecule has 0 aromatic heterocycles. The molecular weight excluding hydrogens is 138 g/mol. The van der Waals surface area contributed by atoms with E-state index in [0.717, 1.165) is 6.42 Å². The predicted octanol–water partition coefficient (Wildman–Crippen LogP) is 1.48. The lowest BCUT2D eigenvalue weighted by Crippen LogP contribution is -2.35. The molecule has 0 saturated heterocycles. The number of nitrogens with one attached hydrogen (secondary N) is 1. The fourth-order valence-corrected chi connectivity index (χ4v) is 1.60. The molecule has 0 heterocycles. The van der Waals surface area contributed by atoms with Crippen LogP contribution in [-0.2, 0) is 4.79 Å². The third kappa shape index (κ3) is 2.07. The molecule has 1 fully saturated rings. The minimum absolute atomic E-state index is 0.0382. The van der Waals surface area contributed by atoms with Crippen molar-refractivity contribution in [3.63, 3.8) is 0 Å². The van der Waals surface area contributed by atoms with Crippen molar-refractivity contribution in [3.05, 3.63) is 12.7 Å². The molecule has 1 amide bonds. The molecule has 0 spiro atoms. The molecule has 0 aliphatic heterocycles. The van der Waals surface area contributed by atoms with Gasteiger partial charge in [-0.2, -0.15) is 0 Å². The van der Waals surface area contributed by atoms with Gasteiger partial charge in [0.1, 0.15) is 0 Å². The zero-order chi connectivity index (χ0) is 8.27. The first-order chi connectivity index (χ1) is 5.24. The Kier molecular flexibility index (Phi) is 2.69. The maximum absolute atomic E-state index is 10.9. The molecule has 1 aliphatic rings. The van der Waals surface area contributed by atoms with E-state index in [1.54, 1.807) is 0 Å². The highest BCUT2D eigenvalue weighted by Crippen LogP contribution is 2.24. The lowest BCUT2D eigenvalue weighted by Gasteiger charge is -2.15. The van der Waals surface area contributed by atoms with Gasteiger partial charge < -0.3 is 5.32 Å². The topological polar surface area (TPSA) is 29.1 Å². The Hall–Kier alpha value is -0.790. The highest BCUT2D eigenvalue weighted by molar-refractivity contribution is 5.87. The molecule has 2 unspecified atom stereocenters. The van der Waals surface area contributed by atoms with E-state index in [4.69, 9.17) is 0 Å². The van der Waals surface area contributed by atoms with Crippen LogP contribution in [0.5, 0.6) is 0 Å². The van der Waals surface area contributed by atoms with E-state index in [0.29, 0.717) is 12.0 Å². The van der Waals surface area contributed by atoms with E-state index in [9.17, 15) is 4.79 Å². The zero-order valence-corrected chi connectivity index (χ0v) is 6.97. The van der Waals surface area contributed by atoms with E-state index in [1.807, 2.05) is 0 Å². The minimum Gasteiger partial charge on any atom is -0.350 e. The van der Waals surface area contributed by atoms with E-state index < -0.39 is 0 Å². The van der Waals surface area contributed by atoms with Crippen molar-refractivity contribution in [1.82, 2.24) is 5.32 Å². The average Bonchev–Trinajstić information content (AvgIpc) is 2.37. The molecular formula is C9H15NO. The van der Waals surface area contributed by atoms with Crippen LogP contribution in [-0.4, -0.2) is 11.9 Å². The van der Waals surface area contributed by atoms with Gasteiger partial charge in [0.15, 0.2) is 0 Å². The zero-order valence-electron chi connectivity index (χ0n) is 6.97. The van der Waals surface area contributed by atoms with Gasteiger partial charge in [0.25, 0.3) is 0 Å².